The fraction of sp³-hybridized carbons (Fsp3) is 0.500. The van der Waals surface area contributed by atoms with Crippen LogP contribution in [0.1, 0.15) is 62.6 Å². The van der Waals surface area contributed by atoms with Crippen LogP contribution in [0.4, 0.5) is 14.6 Å². The normalized spacial score (nSPS) is 24.7. The van der Waals surface area contributed by atoms with Crippen LogP contribution in [0.5, 0.6) is 5.75 Å². The molecule has 3 aromatic heterocycles. The number of carbonyl (C=O) groups excluding carboxylic acids is 1. The minimum atomic E-state index is -2.78. The molecule has 2 aliphatic rings. The van der Waals surface area contributed by atoms with Crippen LogP contribution in [0.25, 0.3) is 5.65 Å². The van der Waals surface area contributed by atoms with E-state index >= 15 is 0 Å². The largest absolute Gasteiger partial charge is 0.490 e. The van der Waals surface area contributed by atoms with Gasteiger partial charge in [0.05, 0.1) is 29.6 Å². The van der Waals surface area contributed by atoms with Crippen LogP contribution < -0.4 is 10.1 Å². The number of nitrogens with zero attached hydrogens (tertiary/aromatic N) is 4. The van der Waals surface area contributed by atoms with Crippen molar-refractivity contribution in [1.29, 1.82) is 0 Å². The van der Waals surface area contributed by atoms with Gasteiger partial charge in [-0.15, -0.1) is 0 Å². The molecule has 2 unspecified atom stereocenters. The lowest BCUT2D eigenvalue weighted by molar-refractivity contribution is -0.00627. The summed E-state index contributed by atoms with van der Waals surface area (Å²) >= 11 is 0. The summed E-state index contributed by atoms with van der Waals surface area (Å²) in [4.78, 5) is 17.8. The van der Waals surface area contributed by atoms with E-state index in [1.165, 1.54) is 6.07 Å². The Balaban J connectivity index is 1.50. The van der Waals surface area contributed by atoms with Crippen molar-refractivity contribution < 1.29 is 23.0 Å². The molecule has 1 aliphatic carbocycles. The molecule has 4 heterocycles. The third kappa shape index (κ3) is 3.52. The predicted molar refractivity (Wildman–Crippen MR) is 112 cm³/mol. The number of hydrogen-bond acceptors (Lipinski definition) is 5. The summed E-state index contributed by atoms with van der Waals surface area (Å²) in [7, 11) is 0. The first-order valence-electron chi connectivity index (χ1n) is 10.6. The molecule has 1 N–H and O–H groups in total. The Morgan fingerprint density at radius 2 is 2.12 bits per heavy atom. The number of fused-ring (bicyclic) bond motifs is 3. The Kier molecular flexibility index (Phi) is 4.74. The van der Waals surface area contributed by atoms with Gasteiger partial charge in [0.25, 0.3) is 5.91 Å². The van der Waals surface area contributed by atoms with Gasteiger partial charge in [-0.25, -0.2) is 9.67 Å². The van der Waals surface area contributed by atoms with Gasteiger partial charge in [0.2, 0.25) is 0 Å². The highest BCUT2D eigenvalue weighted by atomic mass is 19.3. The fourth-order valence-electron chi connectivity index (χ4n) is 4.74. The van der Waals surface area contributed by atoms with Crippen LogP contribution in [-0.2, 0) is 10.2 Å². The SMILES string of the molecule is CC(C)Oc1cc2nc(C34CCC(C)(C3)OC4)cn2cc1C(=O)Nc1ccn(C(F)F)n1. The van der Waals surface area contributed by atoms with Crippen LogP contribution in [0.3, 0.4) is 0 Å². The summed E-state index contributed by atoms with van der Waals surface area (Å²) < 4.78 is 39.8. The second kappa shape index (κ2) is 7.26. The predicted octanol–water partition coefficient (Wildman–Crippen LogP) is 4.18. The third-order valence-corrected chi connectivity index (χ3v) is 6.30. The van der Waals surface area contributed by atoms with E-state index < -0.39 is 12.5 Å². The number of ether oxygens (including phenoxy) is 2. The summed E-state index contributed by atoms with van der Waals surface area (Å²) in [5, 5.41) is 6.24. The maximum atomic E-state index is 13.0. The zero-order chi connectivity index (χ0) is 22.7. The van der Waals surface area contributed by atoms with Crippen molar-refractivity contribution in [2.24, 2.45) is 0 Å². The molecule has 2 bridgehead atoms. The highest BCUT2D eigenvalue weighted by Crippen LogP contribution is 2.53. The number of pyridine rings is 1. The van der Waals surface area contributed by atoms with Crippen LogP contribution >= 0.6 is 0 Å². The maximum Gasteiger partial charge on any atom is 0.333 e. The number of alkyl halides is 2. The first-order valence-corrected chi connectivity index (χ1v) is 10.6. The first kappa shape index (κ1) is 20.9. The number of halogens is 2. The summed E-state index contributed by atoms with van der Waals surface area (Å²) in [5.41, 5.74) is 1.68. The molecule has 2 atom stereocenters. The molecule has 5 rings (SSSR count). The molecule has 0 radical (unpaired) electrons. The van der Waals surface area contributed by atoms with E-state index in [1.54, 1.807) is 16.7 Å². The van der Waals surface area contributed by atoms with Gasteiger partial charge in [-0.3, -0.25) is 4.79 Å². The van der Waals surface area contributed by atoms with Gasteiger partial charge < -0.3 is 19.2 Å². The standard InChI is InChI=1S/C22H25F2N5O3/c1-13(2)32-15-8-18-25-16(22-6-5-21(3,11-22)31-12-22)10-28(18)9-14(15)19(30)26-17-4-7-29(27-17)20(23)24/h4,7-10,13,20H,5-6,11-12H2,1-3H3,(H,26,27,30). The number of nitrogens with one attached hydrogen (secondary N) is 1. The van der Waals surface area contributed by atoms with Gasteiger partial charge in [0.15, 0.2) is 5.82 Å². The van der Waals surface area contributed by atoms with E-state index in [4.69, 9.17) is 14.5 Å². The van der Waals surface area contributed by atoms with Gasteiger partial charge in [-0.2, -0.15) is 13.9 Å². The van der Waals surface area contributed by atoms with Crippen LogP contribution in [0, 0.1) is 0 Å². The van der Waals surface area contributed by atoms with Crippen molar-refractivity contribution in [3.8, 4) is 5.75 Å². The van der Waals surface area contributed by atoms with Gasteiger partial charge in [-0.1, -0.05) is 0 Å². The highest BCUT2D eigenvalue weighted by molar-refractivity contribution is 6.05. The summed E-state index contributed by atoms with van der Waals surface area (Å²) in [5.74, 6) is -0.107. The molecule has 1 saturated heterocycles. The second-order valence-corrected chi connectivity index (χ2v) is 9.22. The van der Waals surface area contributed by atoms with E-state index in [9.17, 15) is 13.6 Å². The molecule has 1 aliphatic heterocycles. The maximum absolute atomic E-state index is 13.0. The Bertz CT molecular complexity index is 1180. The van der Waals surface area contributed by atoms with Crippen molar-refractivity contribution in [2.45, 2.75) is 63.7 Å². The van der Waals surface area contributed by atoms with Crippen molar-refractivity contribution >= 4 is 17.4 Å². The number of amides is 1. The Morgan fingerprint density at radius 3 is 2.72 bits per heavy atom. The Labute approximate surface area is 183 Å². The summed E-state index contributed by atoms with van der Waals surface area (Å²) in [6, 6.07) is 3.05. The molecule has 8 nitrogen and oxygen atoms in total. The fourth-order valence-corrected chi connectivity index (χ4v) is 4.74. The first-order chi connectivity index (χ1) is 15.2. The van der Waals surface area contributed by atoms with Crippen LogP contribution in [0.2, 0.25) is 0 Å². The lowest BCUT2D eigenvalue weighted by atomic mass is 9.84. The molecule has 0 spiro atoms. The van der Waals surface area contributed by atoms with E-state index in [1.807, 2.05) is 20.0 Å². The third-order valence-electron chi connectivity index (χ3n) is 6.30. The molecule has 3 aromatic rings. The molecular formula is C22H25F2N5O3. The average Bonchev–Trinajstić information content (AvgIpc) is 3.48. The van der Waals surface area contributed by atoms with Crippen LogP contribution in [-0.4, -0.2) is 43.4 Å². The van der Waals surface area contributed by atoms with E-state index in [2.05, 4.69) is 17.3 Å². The number of anilines is 1. The molecule has 1 amide bonds. The molecule has 170 valence electrons. The van der Waals surface area contributed by atoms with E-state index in [-0.39, 0.29) is 28.5 Å². The lowest BCUT2D eigenvalue weighted by Gasteiger charge is -2.24. The smallest absolute Gasteiger partial charge is 0.333 e. The zero-order valence-electron chi connectivity index (χ0n) is 18.1. The van der Waals surface area contributed by atoms with Crippen LogP contribution in [0.15, 0.2) is 30.7 Å². The Morgan fingerprint density at radius 1 is 1.31 bits per heavy atom. The topological polar surface area (TPSA) is 82.7 Å². The lowest BCUT2D eigenvalue weighted by Crippen LogP contribution is -2.26. The van der Waals surface area contributed by atoms with Crippen molar-refractivity contribution in [3.05, 3.63) is 42.0 Å². The second-order valence-electron chi connectivity index (χ2n) is 9.22. The van der Waals surface area contributed by atoms with Gasteiger partial charge in [0.1, 0.15) is 11.4 Å². The molecule has 10 heteroatoms. The molecule has 1 saturated carbocycles. The van der Waals surface area contributed by atoms with E-state index in [0.717, 1.165) is 31.2 Å². The number of carbonyl (C=O) groups is 1. The summed E-state index contributed by atoms with van der Waals surface area (Å²) in [6.45, 7) is 3.73. The molecule has 32 heavy (non-hydrogen) atoms. The van der Waals surface area contributed by atoms with Gasteiger partial charge in [-0.05, 0) is 40.0 Å². The van der Waals surface area contributed by atoms with E-state index in [0.29, 0.717) is 22.7 Å². The van der Waals surface area contributed by atoms with Gasteiger partial charge >= 0.3 is 6.55 Å². The Hall–Kier alpha value is -3.01. The number of rotatable bonds is 6. The average molecular weight is 445 g/mol. The van der Waals surface area contributed by atoms with Crippen molar-refractivity contribution in [3.63, 3.8) is 0 Å². The molecule has 0 aromatic carbocycles. The minimum absolute atomic E-state index is 0.0319. The minimum Gasteiger partial charge on any atom is -0.490 e. The van der Waals surface area contributed by atoms with Crippen molar-refractivity contribution in [1.82, 2.24) is 19.2 Å². The summed E-state index contributed by atoms with van der Waals surface area (Å²) in [6.07, 6.45) is 7.48. The number of imidazole rings is 1. The molecular weight excluding hydrogens is 420 g/mol. The monoisotopic (exact) mass is 445 g/mol. The quantitative estimate of drug-likeness (QED) is 0.616. The number of hydrogen-bond donors (Lipinski definition) is 1. The highest BCUT2D eigenvalue weighted by Gasteiger charge is 2.55. The van der Waals surface area contributed by atoms with Gasteiger partial charge in [0, 0.05) is 36.1 Å². The van der Waals surface area contributed by atoms with Crippen molar-refractivity contribution in [2.75, 3.05) is 11.9 Å². The number of aromatic nitrogens is 4. The zero-order valence-corrected chi connectivity index (χ0v) is 18.1. The molecule has 2 fully saturated rings.